The molecule has 0 fully saturated rings. The number of aromatic nitrogens is 2. The molecule has 7 heteroatoms. The van der Waals surface area contributed by atoms with E-state index in [1.54, 1.807) is 0 Å². The number of ether oxygens (including phenoxy) is 1. The Bertz CT molecular complexity index is 409. The van der Waals surface area contributed by atoms with E-state index in [9.17, 15) is 10.1 Å². The highest BCUT2D eigenvalue weighted by Crippen LogP contribution is 2.30. The molecule has 0 radical (unpaired) electrons. The van der Waals surface area contributed by atoms with Crippen LogP contribution < -0.4 is 10.1 Å². The van der Waals surface area contributed by atoms with Gasteiger partial charge in [-0.3, -0.25) is 10.1 Å². The molecule has 0 bridgehead atoms. The van der Waals surface area contributed by atoms with E-state index in [0.717, 1.165) is 6.42 Å². The van der Waals surface area contributed by atoms with Gasteiger partial charge in [0.15, 0.2) is 0 Å². The van der Waals surface area contributed by atoms with Crippen molar-refractivity contribution < 1.29 is 9.66 Å². The summed E-state index contributed by atoms with van der Waals surface area (Å²) in [5.41, 5.74) is -0.247. The molecule has 17 heavy (non-hydrogen) atoms. The van der Waals surface area contributed by atoms with Crippen LogP contribution in [-0.4, -0.2) is 28.0 Å². The number of nitrogens with zero attached hydrogens (tertiary/aromatic N) is 3. The van der Waals surface area contributed by atoms with Crippen LogP contribution in [-0.2, 0) is 0 Å². The Morgan fingerprint density at radius 1 is 1.65 bits per heavy atom. The summed E-state index contributed by atoms with van der Waals surface area (Å²) in [7, 11) is 0. The molecule has 0 unspecified atom stereocenters. The third-order valence-corrected chi connectivity index (χ3v) is 1.85. The predicted octanol–water partition coefficient (Wildman–Crippen LogP) is 1.77. The molecule has 0 aliphatic heterocycles. The van der Waals surface area contributed by atoms with Crippen LogP contribution in [0.5, 0.6) is 5.88 Å². The summed E-state index contributed by atoms with van der Waals surface area (Å²) in [5.74, 6) is 0.120. The molecule has 1 N–H and O–H groups in total. The number of rotatable bonds is 7. The fraction of sp³-hybridized carbons (Fsp3) is 0.400. The zero-order valence-electron chi connectivity index (χ0n) is 9.55. The second-order valence-corrected chi connectivity index (χ2v) is 3.16. The Labute approximate surface area is 98.7 Å². The minimum absolute atomic E-state index is 0.0523. The zero-order valence-corrected chi connectivity index (χ0v) is 9.55. The number of hydrogen-bond acceptors (Lipinski definition) is 6. The molecule has 0 atom stereocenters. The Hall–Kier alpha value is -2.18. The van der Waals surface area contributed by atoms with E-state index < -0.39 is 4.92 Å². The van der Waals surface area contributed by atoms with Crippen molar-refractivity contribution in [1.82, 2.24) is 9.97 Å². The van der Waals surface area contributed by atoms with Gasteiger partial charge >= 0.3 is 5.69 Å². The zero-order chi connectivity index (χ0) is 12.7. The van der Waals surface area contributed by atoms with Gasteiger partial charge in [0.1, 0.15) is 12.9 Å². The average molecular weight is 238 g/mol. The quantitative estimate of drug-likeness (QED) is 0.442. The molecule has 92 valence electrons. The maximum atomic E-state index is 10.9. The van der Waals surface area contributed by atoms with Crippen molar-refractivity contribution in [1.29, 1.82) is 0 Å². The standard InChI is InChI=1S/C10H14N4O3/c1-3-5-11-9-8(14(15)16)10(13-7-12-9)17-6-4-2/h4,7H,2-3,5-6H2,1H3,(H,11,12,13). The lowest BCUT2D eigenvalue weighted by atomic mass is 10.4. The Morgan fingerprint density at radius 2 is 2.41 bits per heavy atom. The van der Waals surface area contributed by atoms with Gasteiger partial charge in [0, 0.05) is 6.54 Å². The molecule has 7 nitrogen and oxygen atoms in total. The number of nitro groups is 1. The minimum atomic E-state index is -0.559. The van der Waals surface area contributed by atoms with Crippen molar-refractivity contribution >= 4 is 11.5 Å². The van der Waals surface area contributed by atoms with Gasteiger partial charge in [-0.1, -0.05) is 19.6 Å². The van der Waals surface area contributed by atoms with Gasteiger partial charge in [-0.05, 0) is 6.42 Å². The lowest BCUT2D eigenvalue weighted by molar-refractivity contribution is -0.385. The van der Waals surface area contributed by atoms with E-state index in [0.29, 0.717) is 6.54 Å². The van der Waals surface area contributed by atoms with E-state index in [4.69, 9.17) is 4.74 Å². The SMILES string of the molecule is C=CCOc1ncnc(NCCC)c1[N+](=O)[O-]. The van der Waals surface area contributed by atoms with Crippen LogP contribution in [0.15, 0.2) is 19.0 Å². The minimum Gasteiger partial charge on any atom is -0.468 e. The topological polar surface area (TPSA) is 90.2 Å². The first-order chi connectivity index (χ1) is 8.20. The maximum absolute atomic E-state index is 10.9. The average Bonchev–Trinajstić information content (AvgIpc) is 2.33. The summed E-state index contributed by atoms with van der Waals surface area (Å²) in [5, 5.41) is 13.8. The third-order valence-electron chi connectivity index (χ3n) is 1.85. The maximum Gasteiger partial charge on any atom is 0.372 e. The smallest absolute Gasteiger partial charge is 0.372 e. The summed E-state index contributed by atoms with van der Waals surface area (Å²) in [6.45, 7) is 6.18. The van der Waals surface area contributed by atoms with Crippen molar-refractivity contribution in [3.63, 3.8) is 0 Å². The van der Waals surface area contributed by atoms with E-state index in [-0.39, 0.29) is 24.0 Å². The van der Waals surface area contributed by atoms with E-state index >= 15 is 0 Å². The lowest BCUT2D eigenvalue weighted by Crippen LogP contribution is -2.08. The Morgan fingerprint density at radius 3 is 3.00 bits per heavy atom. The molecule has 1 aromatic heterocycles. The Kier molecular flexibility index (Phi) is 4.86. The third kappa shape index (κ3) is 3.40. The van der Waals surface area contributed by atoms with Gasteiger partial charge < -0.3 is 10.1 Å². The van der Waals surface area contributed by atoms with Gasteiger partial charge in [0.05, 0.1) is 4.92 Å². The fourth-order valence-corrected chi connectivity index (χ4v) is 1.14. The molecule has 0 spiro atoms. The van der Waals surface area contributed by atoms with Gasteiger partial charge in [-0.15, -0.1) is 0 Å². The van der Waals surface area contributed by atoms with Crippen molar-refractivity contribution in [2.24, 2.45) is 0 Å². The van der Waals surface area contributed by atoms with Crippen molar-refractivity contribution in [2.75, 3.05) is 18.5 Å². The number of nitrogens with one attached hydrogen (secondary N) is 1. The van der Waals surface area contributed by atoms with Gasteiger partial charge in [0.25, 0.3) is 5.88 Å². The fourth-order valence-electron chi connectivity index (χ4n) is 1.14. The van der Waals surface area contributed by atoms with Crippen molar-refractivity contribution in [2.45, 2.75) is 13.3 Å². The normalized spacial score (nSPS) is 9.71. The molecular formula is C10H14N4O3. The van der Waals surface area contributed by atoms with Gasteiger partial charge in [-0.25, -0.2) is 4.98 Å². The largest absolute Gasteiger partial charge is 0.468 e. The Balaban J connectivity index is 3.03. The van der Waals surface area contributed by atoms with Crippen LogP contribution in [0.2, 0.25) is 0 Å². The molecule has 1 heterocycles. The first kappa shape index (κ1) is 12.9. The summed E-state index contributed by atoms with van der Waals surface area (Å²) in [6.07, 6.45) is 3.55. The molecule has 0 aliphatic rings. The van der Waals surface area contributed by atoms with E-state index in [1.807, 2.05) is 6.92 Å². The molecule has 1 rings (SSSR count). The number of anilines is 1. The lowest BCUT2D eigenvalue weighted by Gasteiger charge is -2.07. The summed E-state index contributed by atoms with van der Waals surface area (Å²) >= 11 is 0. The van der Waals surface area contributed by atoms with Gasteiger partial charge in [-0.2, -0.15) is 4.98 Å². The molecule has 0 amide bonds. The first-order valence-corrected chi connectivity index (χ1v) is 5.17. The highest BCUT2D eigenvalue weighted by molar-refractivity contribution is 5.61. The predicted molar refractivity (Wildman–Crippen MR) is 63.2 cm³/mol. The van der Waals surface area contributed by atoms with Gasteiger partial charge in [0.2, 0.25) is 5.82 Å². The molecular weight excluding hydrogens is 224 g/mol. The van der Waals surface area contributed by atoms with Crippen LogP contribution in [0.3, 0.4) is 0 Å². The first-order valence-electron chi connectivity index (χ1n) is 5.17. The summed E-state index contributed by atoms with van der Waals surface area (Å²) in [6, 6.07) is 0. The second kappa shape index (κ2) is 6.41. The highest BCUT2D eigenvalue weighted by atomic mass is 16.6. The van der Waals surface area contributed by atoms with Crippen LogP contribution in [0.25, 0.3) is 0 Å². The van der Waals surface area contributed by atoms with Crippen LogP contribution in [0.4, 0.5) is 11.5 Å². The molecule has 0 saturated heterocycles. The molecule has 0 aromatic carbocycles. The highest BCUT2D eigenvalue weighted by Gasteiger charge is 2.23. The molecule has 0 aliphatic carbocycles. The monoisotopic (exact) mass is 238 g/mol. The number of hydrogen-bond donors (Lipinski definition) is 1. The van der Waals surface area contributed by atoms with Crippen LogP contribution in [0, 0.1) is 10.1 Å². The summed E-state index contributed by atoms with van der Waals surface area (Å²) in [4.78, 5) is 18.0. The van der Waals surface area contributed by atoms with E-state index in [2.05, 4.69) is 21.9 Å². The van der Waals surface area contributed by atoms with Crippen LogP contribution in [0.1, 0.15) is 13.3 Å². The van der Waals surface area contributed by atoms with Crippen molar-refractivity contribution in [3.8, 4) is 5.88 Å². The second-order valence-electron chi connectivity index (χ2n) is 3.16. The summed E-state index contributed by atoms with van der Waals surface area (Å²) < 4.78 is 5.12. The van der Waals surface area contributed by atoms with E-state index in [1.165, 1.54) is 12.4 Å². The van der Waals surface area contributed by atoms with Crippen molar-refractivity contribution in [3.05, 3.63) is 29.1 Å². The van der Waals surface area contributed by atoms with Crippen LogP contribution >= 0.6 is 0 Å². The molecule has 1 aromatic rings. The molecule has 0 saturated carbocycles.